The lowest BCUT2D eigenvalue weighted by molar-refractivity contribution is -0.0128. The molecule has 0 unspecified atom stereocenters. The van der Waals surface area contributed by atoms with Crippen LogP contribution in [-0.2, 0) is 4.74 Å². The van der Waals surface area contributed by atoms with E-state index < -0.39 is 0 Å². The van der Waals surface area contributed by atoms with E-state index in [1.807, 2.05) is 0 Å². The zero-order valence-electron chi connectivity index (χ0n) is 11.1. The van der Waals surface area contributed by atoms with Gasteiger partial charge in [-0.1, -0.05) is 48.5 Å². The molecule has 1 nitrogen and oxygen atoms in total. The van der Waals surface area contributed by atoms with Gasteiger partial charge in [-0.25, -0.2) is 0 Å². The van der Waals surface area contributed by atoms with Gasteiger partial charge in [-0.3, -0.25) is 0 Å². The smallest absolute Gasteiger partial charge is 0.0577 e. The molecule has 0 spiro atoms. The monoisotopic (exact) mass is 200 g/mol. The average Bonchev–Trinajstić information content (AvgIpc) is 1.94. The van der Waals surface area contributed by atoms with Crippen LogP contribution < -0.4 is 0 Å². The van der Waals surface area contributed by atoms with Crippen molar-refractivity contribution in [3.63, 3.8) is 0 Å². The Balaban J connectivity index is 3.93. The molecule has 0 bridgehead atoms. The first-order valence-electron chi connectivity index (χ1n) is 5.76. The highest BCUT2D eigenvalue weighted by Gasteiger charge is 2.20. The third-order valence-corrected chi connectivity index (χ3v) is 2.05. The van der Waals surface area contributed by atoms with Gasteiger partial charge in [0.1, 0.15) is 0 Å². The fourth-order valence-electron chi connectivity index (χ4n) is 1.37. The van der Waals surface area contributed by atoms with E-state index in [0.717, 1.165) is 19.4 Å². The fourth-order valence-corrected chi connectivity index (χ4v) is 1.37. The van der Waals surface area contributed by atoms with Crippen LogP contribution in [0.3, 0.4) is 0 Å². The summed E-state index contributed by atoms with van der Waals surface area (Å²) >= 11 is 0. The minimum Gasteiger partial charge on any atom is -0.378 e. The summed E-state index contributed by atoms with van der Waals surface area (Å²) in [5.41, 5.74) is 0.657. The summed E-state index contributed by atoms with van der Waals surface area (Å²) in [7, 11) is 0. The average molecular weight is 200 g/mol. The van der Waals surface area contributed by atoms with Gasteiger partial charge in [-0.2, -0.15) is 0 Å². The molecule has 0 heterocycles. The van der Waals surface area contributed by atoms with Crippen molar-refractivity contribution < 1.29 is 4.74 Å². The number of hydrogen-bond acceptors (Lipinski definition) is 1. The van der Waals surface area contributed by atoms with Gasteiger partial charge in [-0.15, -0.1) is 0 Å². The largest absolute Gasteiger partial charge is 0.378 e. The second-order valence-electron chi connectivity index (χ2n) is 6.67. The van der Waals surface area contributed by atoms with E-state index in [9.17, 15) is 0 Å². The highest BCUT2D eigenvalue weighted by atomic mass is 16.5. The van der Waals surface area contributed by atoms with E-state index in [4.69, 9.17) is 4.74 Å². The number of hydrogen-bond donors (Lipinski definition) is 0. The van der Waals surface area contributed by atoms with Crippen LogP contribution in [0.1, 0.15) is 61.3 Å². The van der Waals surface area contributed by atoms with Gasteiger partial charge in [0.15, 0.2) is 0 Å². The minimum absolute atomic E-state index is 0.283. The normalized spacial score (nSPS) is 15.6. The molecule has 0 saturated carbocycles. The summed E-state index contributed by atoms with van der Waals surface area (Å²) in [6.45, 7) is 16.5. The standard InChI is InChI=1S/C13H28O/c1-8-11(9-12(2,3)4)14-10-13(5,6)7/h11H,8-10H2,1-7H3/t11-/m1/s1. The van der Waals surface area contributed by atoms with E-state index in [1.165, 1.54) is 0 Å². The van der Waals surface area contributed by atoms with Crippen LogP contribution >= 0.6 is 0 Å². The maximum absolute atomic E-state index is 5.93. The van der Waals surface area contributed by atoms with E-state index in [-0.39, 0.29) is 5.41 Å². The predicted octanol–water partition coefficient (Wildman–Crippen LogP) is 4.26. The van der Waals surface area contributed by atoms with E-state index in [2.05, 4.69) is 48.5 Å². The van der Waals surface area contributed by atoms with Crippen molar-refractivity contribution in [1.29, 1.82) is 0 Å². The molecule has 0 aliphatic carbocycles. The van der Waals surface area contributed by atoms with E-state index in [1.54, 1.807) is 0 Å². The molecule has 0 amide bonds. The molecule has 0 fully saturated rings. The summed E-state index contributed by atoms with van der Waals surface area (Å²) in [4.78, 5) is 0. The fraction of sp³-hybridized carbons (Fsp3) is 1.00. The van der Waals surface area contributed by atoms with Crippen LogP contribution in [0.2, 0.25) is 0 Å². The third-order valence-electron chi connectivity index (χ3n) is 2.05. The second kappa shape index (κ2) is 5.16. The Kier molecular flexibility index (Phi) is 5.14. The molecule has 14 heavy (non-hydrogen) atoms. The van der Waals surface area contributed by atoms with Crippen LogP contribution in [0.25, 0.3) is 0 Å². The lowest BCUT2D eigenvalue weighted by atomic mass is 9.88. The second-order valence-corrected chi connectivity index (χ2v) is 6.67. The van der Waals surface area contributed by atoms with E-state index >= 15 is 0 Å². The number of rotatable bonds is 4. The van der Waals surface area contributed by atoms with Crippen molar-refractivity contribution in [3.05, 3.63) is 0 Å². The van der Waals surface area contributed by atoms with Crippen molar-refractivity contribution in [2.45, 2.75) is 67.4 Å². The highest BCUT2D eigenvalue weighted by molar-refractivity contribution is 4.70. The van der Waals surface area contributed by atoms with Gasteiger partial charge < -0.3 is 4.74 Å². The predicted molar refractivity (Wildman–Crippen MR) is 63.6 cm³/mol. The molecule has 0 radical (unpaired) electrons. The molecule has 0 rings (SSSR count). The molecule has 1 atom stereocenters. The minimum atomic E-state index is 0.283. The molecule has 0 aromatic heterocycles. The Bertz CT molecular complexity index is 148. The summed E-state index contributed by atoms with van der Waals surface area (Å²) < 4.78 is 5.93. The summed E-state index contributed by atoms with van der Waals surface area (Å²) in [5.74, 6) is 0. The zero-order chi connectivity index (χ0) is 11.4. The molecule has 0 aromatic carbocycles. The van der Waals surface area contributed by atoms with Gasteiger partial charge in [0.2, 0.25) is 0 Å². The Morgan fingerprint density at radius 2 is 1.43 bits per heavy atom. The maximum atomic E-state index is 5.93. The molecule has 0 aromatic rings. The van der Waals surface area contributed by atoms with Crippen molar-refractivity contribution in [3.8, 4) is 0 Å². The van der Waals surface area contributed by atoms with Gasteiger partial charge in [0.25, 0.3) is 0 Å². The Hall–Kier alpha value is -0.0400. The first-order valence-corrected chi connectivity index (χ1v) is 5.76. The SMILES string of the molecule is CC[C@H](CC(C)(C)C)OCC(C)(C)C. The summed E-state index contributed by atoms with van der Waals surface area (Å²) in [6.07, 6.45) is 2.70. The summed E-state index contributed by atoms with van der Waals surface area (Å²) in [6, 6.07) is 0. The quantitative estimate of drug-likeness (QED) is 0.658. The van der Waals surface area contributed by atoms with Crippen LogP contribution in [0, 0.1) is 10.8 Å². The van der Waals surface area contributed by atoms with E-state index in [0.29, 0.717) is 11.5 Å². The lowest BCUT2D eigenvalue weighted by Gasteiger charge is -2.28. The third kappa shape index (κ3) is 8.55. The molecule has 1 heteroatoms. The first-order chi connectivity index (χ1) is 6.14. The van der Waals surface area contributed by atoms with Crippen molar-refractivity contribution in [1.82, 2.24) is 0 Å². The van der Waals surface area contributed by atoms with Gasteiger partial charge in [-0.05, 0) is 23.7 Å². The topological polar surface area (TPSA) is 9.23 Å². The van der Waals surface area contributed by atoms with Gasteiger partial charge in [0.05, 0.1) is 12.7 Å². The zero-order valence-corrected chi connectivity index (χ0v) is 11.1. The van der Waals surface area contributed by atoms with Crippen molar-refractivity contribution in [2.24, 2.45) is 10.8 Å². The van der Waals surface area contributed by atoms with Crippen LogP contribution in [-0.4, -0.2) is 12.7 Å². The van der Waals surface area contributed by atoms with Crippen molar-refractivity contribution >= 4 is 0 Å². The van der Waals surface area contributed by atoms with Crippen molar-refractivity contribution in [2.75, 3.05) is 6.61 Å². The molecule has 0 aliphatic rings. The molecular weight excluding hydrogens is 172 g/mol. The number of ether oxygens (including phenoxy) is 1. The maximum Gasteiger partial charge on any atom is 0.0577 e. The van der Waals surface area contributed by atoms with Gasteiger partial charge >= 0.3 is 0 Å². The molecule has 0 aliphatic heterocycles. The Morgan fingerprint density at radius 1 is 0.929 bits per heavy atom. The van der Waals surface area contributed by atoms with Gasteiger partial charge in [0, 0.05) is 0 Å². The van der Waals surface area contributed by atoms with Crippen LogP contribution in [0.5, 0.6) is 0 Å². The van der Waals surface area contributed by atoms with Crippen LogP contribution in [0.15, 0.2) is 0 Å². The first kappa shape index (κ1) is 14.0. The molecule has 0 saturated heterocycles. The summed E-state index contributed by atoms with van der Waals surface area (Å²) in [5, 5.41) is 0. The Morgan fingerprint density at radius 3 is 1.71 bits per heavy atom. The Labute approximate surface area is 90.2 Å². The molecule has 86 valence electrons. The lowest BCUT2D eigenvalue weighted by Crippen LogP contribution is -2.25. The molecular formula is C13H28O. The molecule has 0 N–H and O–H groups in total. The highest BCUT2D eigenvalue weighted by Crippen LogP contribution is 2.25. The van der Waals surface area contributed by atoms with Crippen LogP contribution in [0.4, 0.5) is 0 Å².